The summed E-state index contributed by atoms with van der Waals surface area (Å²) in [6, 6.07) is 12.9. The van der Waals surface area contributed by atoms with Crippen molar-refractivity contribution in [3.63, 3.8) is 0 Å². The number of carbonyl (C=O) groups is 1. The van der Waals surface area contributed by atoms with Crippen molar-refractivity contribution in [2.75, 3.05) is 31.1 Å². The van der Waals surface area contributed by atoms with Crippen molar-refractivity contribution in [1.82, 2.24) is 19.0 Å². The highest BCUT2D eigenvalue weighted by Gasteiger charge is 2.27. The van der Waals surface area contributed by atoms with Crippen molar-refractivity contribution in [3.05, 3.63) is 58.8 Å². The number of aryl methyl sites for hydroxylation is 1. The minimum Gasteiger partial charge on any atom is -0.459 e. The number of fused-ring (bicyclic) bond motifs is 1. The fraction of sp³-hybridized carbons (Fsp3) is 0.273. The van der Waals surface area contributed by atoms with Gasteiger partial charge in [-0.15, -0.1) is 0 Å². The van der Waals surface area contributed by atoms with Gasteiger partial charge in [0.15, 0.2) is 5.76 Å². The smallest absolute Gasteiger partial charge is 0.329 e. The Bertz CT molecular complexity index is 1380. The lowest BCUT2D eigenvalue weighted by Crippen LogP contribution is -2.50. The van der Waals surface area contributed by atoms with E-state index in [9.17, 15) is 14.9 Å². The average molecular weight is 432 g/mol. The first kappa shape index (κ1) is 19.7. The van der Waals surface area contributed by atoms with Gasteiger partial charge in [-0.3, -0.25) is 13.9 Å². The largest absolute Gasteiger partial charge is 0.459 e. The molecule has 32 heavy (non-hydrogen) atoms. The van der Waals surface area contributed by atoms with E-state index in [1.54, 1.807) is 28.6 Å². The lowest BCUT2D eigenvalue weighted by Gasteiger charge is -2.34. The maximum atomic E-state index is 12.9. The summed E-state index contributed by atoms with van der Waals surface area (Å²) in [4.78, 5) is 33.4. The summed E-state index contributed by atoms with van der Waals surface area (Å²) in [6.07, 6.45) is 1.51. The number of aromatic nitrogens is 3. The molecule has 4 heterocycles. The fourth-order valence-corrected chi connectivity index (χ4v) is 4.02. The Morgan fingerprint density at radius 1 is 1.12 bits per heavy atom. The lowest BCUT2D eigenvalue weighted by atomic mass is 10.3. The number of para-hydroxylation sites is 2. The molecule has 5 rings (SSSR count). The molecule has 1 amide bonds. The van der Waals surface area contributed by atoms with Gasteiger partial charge < -0.3 is 18.6 Å². The quantitative estimate of drug-likeness (QED) is 0.483. The van der Waals surface area contributed by atoms with Crippen molar-refractivity contribution in [3.8, 4) is 17.7 Å². The molecule has 162 valence electrons. The van der Waals surface area contributed by atoms with Gasteiger partial charge in [-0.1, -0.05) is 12.1 Å². The molecule has 1 saturated heterocycles. The summed E-state index contributed by atoms with van der Waals surface area (Å²) in [5.74, 6) is 0.936. The molecule has 0 bridgehead atoms. The molecule has 0 radical (unpaired) electrons. The summed E-state index contributed by atoms with van der Waals surface area (Å²) in [5, 5.41) is 9.45. The van der Waals surface area contributed by atoms with Crippen LogP contribution in [0.4, 0.5) is 5.88 Å². The predicted molar refractivity (Wildman–Crippen MR) is 115 cm³/mol. The number of amides is 1. The number of piperazine rings is 1. The molecule has 0 unspecified atom stereocenters. The molecule has 1 aromatic carbocycles. The zero-order chi connectivity index (χ0) is 22.2. The molecular formula is C22H20N6O4. The number of furan rings is 1. The van der Waals surface area contributed by atoms with Crippen LogP contribution in [0.5, 0.6) is 0 Å². The number of carbonyl (C=O) groups excluding carboxylic acids is 1. The second-order valence-corrected chi connectivity index (χ2v) is 7.55. The Morgan fingerprint density at radius 2 is 1.88 bits per heavy atom. The van der Waals surface area contributed by atoms with Crippen LogP contribution < -0.4 is 10.6 Å². The Balaban J connectivity index is 1.30. The zero-order valence-corrected chi connectivity index (χ0v) is 17.4. The van der Waals surface area contributed by atoms with Gasteiger partial charge in [-0.2, -0.15) is 10.2 Å². The van der Waals surface area contributed by atoms with Crippen molar-refractivity contribution in [2.45, 2.75) is 6.54 Å². The highest BCUT2D eigenvalue weighted by atomic mass is 16.4. The zero-order valence-electron chi connectivity index (χ0n) is 17.4. The van der Waals surface area contributed by atoms with E-state index in [-0.39, 0.29) is 29.7 Å². The second kappa shape index (κ2) is 7.77. The fourth-order valence-electron chi connectivity index (χ4n) is 4.02. The van der Waals surface area contributed by atoms with E-state index in [0.29, 0.717) is 37.8 Å². The molecule has 1 fully saturated rings. The van der Waals surface area contributed by atoms with Crippen LogP contribution in [0.2, 0.25) is 0 Å². The monoisotopic (exact) mass is 432 g/mol. The summed E-state index contributed by atoms with van der Waals surface area (Å²) >= 11 is 0. The molecule has 0 N–H and O–H groups in total. The number of hydrogen-bond acceptors (Lipinski definition) is 7. The molecule has 1 aliphatic heterocycles. The minimum atomic E-state index is -0.219. The van der Waals surface area contributed by atoms with Crippen LogP contribution in [0.1, 0.15) is 5.69 Å². The normalized spacial score (nSPS) is 14.1. The third-order valence-corrected chi connectivity index (χ3v) is 5.71. The van der Waals surface area contributed by atoms with E-state index < -0.39 is 0 Å². The van der Waals surface area contributed by atoms with E-state index in [0.717, 1.165) is 11.0 Å². The number of hydrogen-bond donors (Lipinski definition) is 0. The molecular weight excluding hydrogens is 412 g/mol. The van der Waals surface area contributed by atoms with Crippen molar-refractivity contribution < 1.29 is 13.6 Å². The summed E-state index contributed by atoms with van der Waals surface area (Å²) in [5.41, 5.74) is 1.48. The molecule has 0 spiro atoms. The second-order valence-electron chi connectivity index (χ2n) is 7.55. The number of rotatable bonds is 4. The molecule has 1 aliphatic rings. The number of oxazole rings is 1. The van der Waals surface area contributed by atoms with Crippen molar-refractivity contribution in [2.24, 2.45) is 7.05 Å². The van der Waals surface area contributed by atoms with Crippen molar-refractivity contribution >= 4 is 22.8 Å². The van der Waals surface area contributed by atoms with Gasteiger partial charge in [0.25, 0.3) is 5.89 Å². The summed E-state index contributed by atoms with van der Waals surface area (Å²) < 4.78 is 14.1. The number of nitrogens with zero attached hydrogens (tertiary/aromatic N) is 6. The molecule has 10 heteroatoms. The Labute approximate surface area is 182 Å². The van der Waals surface area contributed by atoms with Crippen LogP contribution in [0.3, 0.4) is 0 Å². The van der Waals surface area contributed by atoms with Crippen molar-refractivity contribution in [1.29, 1.82) is 5.26 Å². The molecule has 4 aromatic rings. The lowest BCUT2D eigenvalue weighted by molar-refractivity contribution is -0.132. The first-order valence-corrected chi connectivity index (χ1v) is 10.2. The van der Waals surface area contributed by atoms with Crippen LogP contribution in [0, 0.1) is 11.3 Å². The summed E-state index contributed by atoms with van der Waals surface area (Å²) in [7, 11) is 1.70. The maximum Gasteiger partial charge on any atom is 0.329 e. The number of anilines is 1. The Hall–Kier alpha value is -4.26. The SMILES string of the molecule is Cn1c(=O)n(CC(=O)N2CCN(c3oc(-c4ccco4)nc3C#N)CC2)c2ccccc21. The van der Waals surface area contributed by atoms with E-state index in [1.165, 1.54) is 10.8 Å². The number of benzene rings is 1. The van der Waals surface area contributed by atoms with Gasteiger partial charge in [0, 0.05) is 33.2 Å². The van der Waals surface area contributed by atoms with E-state index >= 15 is 0 Å². The molecule has 10 nitrogen and oxygen atoms in total. The van der Waals surface area contributed by atoms with Crippen LogP contribution >= 0.6 is 0 Å². The van der Waals surface area contributed by atoms with Crippen LogP contribution in [0.15, 0.2) is 56.3 Å². The summed E-state index contributed by atoms with van der Waals surface area (Å²) in [6.45, 7) is 1.84. The van der Waals surface area contributed by atoms with E-state index in [2.05, 4.69) is 11.1 Å². The average Bonchev–Trinajstić information content (AvgIpc) is 3.55. The van der Waals surface area contributed by atoms with Crippen LogP contribution in [0.25, 0.3) is 22.7 Å². The number of nitriles is 1. The number of imidazole rings is 1. The highest BCUT2D eigenvalue weighted by Crippen LogP contribution is 2.29. The van der Waals surface area contributed by atoms with Crippen LogP contribution in [-0.4, -0.2) is 51.1 Å². The van der Waals surface area contributed by atoms with Gasteiger partial charge >= 0.3 is 5.69 Å². The predicted octanol–water partition coefficient (Wildman–Crippen LogP) is 1.81. The topological polar surface area (TPSA) is 113 Å². The van der Waals surface area contributed by atoms with Crippen LogP contribution in [-0.2, 0) is 18.4 Å². The minimum absolute atomic E-state index is 0.0193. The van der Waals surface area contributed by atoms with E-state index in [4.69, 9.17) is 8.83 Å². The molecule has 0 atom stereocenters. The van der Waals surface area contributed by atoms with Gasteiger partial charge in [-0.05, 0) is 24.3 Å². The first-order chi connectivity index (χ1) is 15.6. The van der Waals surface area contributed by atoms with Gasteiger partial charge in [0.05, 0.1) is 17.3 Å². The maximum absolute atomic E-state index is 12.9. The Kier molecular flexibility index (Phi) is 4.78. The third-order valence-electron chi connectivity index (χ3n) is 5.71. The third kappa shape index (κ3) is 3.24. The molecule has 0 saturated carbocycles. The highest BCUT2D eigenvalue weighted by molar-refractivity contribution is 5.81. The van der Waals surface area contributed by atoms with Gasteiger partial charge in [0.1, 0.15) is 12.6 Å². The standard InChI is InChI=1S/C22H20N6O4/c1-25-16-5-2-3-6-17(16)28(22(25)30)14-19(29)26-8-10-27(11-9-26)21-15(13-23)24-20(32-21)18-7-4-12-31-18/h2-7,12H,8-11,14H2,1H3. The van der Waals surface area contributed by atoms with Gasteiger partial charge in [0.2, 0.25) is 17.5 Å². The molecule has 0 aliphatic carbocycles. The molecule has 3 aromatic heterocycles. The Morgan fingerprint density at radius 3 is 2.56 bits per heavy atom. The van der Waals surface area contributed by atoms with E-state index in [1.807, 2.05) is 29.2 Å². The van der Waals surface area contributed by atoms with Gasteiger partial charge in [-0.25, -0.2) is 4.79 Å². The first-order valence-electron chi connectivity index (χ1n) is 10.2.